The third-order valence-electron chi connectivity index (χ3n) is 5.26. The molecule has 4 rings (SSSR count). The summed E-state index contributed by atoms with van der Waals surface area (Å²) in [6.07, 6.45) is 0.925. The Morgan fingerprint density at radius 2 is 1.67 bits per heavy atom. The molecule has 2 aliphatic rings. The lowest BCUT2D eigenvalue weighted by atomic mass is 10.1. The molecular weight excluding hydrogens is 388 g/mol. The molecule has 156 valence electrons. The largest absolute Gasteiger partial charge is 0.480 e. The molecule has 0 aliphatic carbocycles. The molecule has 2 amide bonds. The van der Waals surface area contributed by atoms with E-state index in [0.717, 1.165) is 19.5 Å². The number of likely N-dealkylation sites (tertiary alicyclic amines) is 2. The first-order valence-corrected chi connectivity index (χ1v) is 9.78. The highest BCUT2D eigenvalue weighted by Gasteiger charge is 2.31. The Morgan fingerprint density at radius 1 is 0.967 bits per heavy atom. The number of carboxylic acids is 1. The first kappa shape index (κ1) is 19.8. The first-order chi connectivity index (χ1) is 14.4. The monoisotopic (exact) mass is 410 g/mol. The van der Waals surface area contributed by atoms with E-state index in [9.17, 15) is 19.5 Å². The molecule has 2 aromatic carbocycles. The predicted molar refractivity (Wildman–Crippen MR) is 107 cm³/mol. The molecule has 1 N–H and O–H groups in total. The minimum Gasteiger partial charge on any atom is -0.480 e. The molecule has 0 saturated carbocycles. The highest BCUT2D eigenvalue weighted by molar-refractivity contribution is 5.94. The van der Waals surface area contributed by atoms with Crippen LogP contribution in [0, 0.1) is 0 Å². The van der Waals surface area contributed by atoms with Crippen molar-refractivity contribution in [3.8, 4) is 17.2 Å². The van der Waals surface area contributed by atoms with Crippen LogP contribution in [0.1, 0.15) is 33.6 Å². The summed E-state index contributed by atoms with van der Waals surface area (Å²) >= 11 is 0. The molecule has 0 bridgehead atoms. The fourth-order valence-corrected chi connectivity index (χ4v) is 3.39. The van der Waals surface area contributed by atoms with Crippen LogP contribution in [0.25, 0.3) is 0 Å². The van der Waals surface area contributed by atoms with E-state index in [1.165, 1.54) is 12.1 Å². The molecule has 0 unspecified atom stereocenters. The molecule has 8 nitrogen and oxygen atoms in total. The van der Waals surface area contributed by atoms with Gasteiger partial charge >= 0.3 is 5.97 Å². The van der Waals surface area contributed by atoms with Crippen molar-refractivity contribution >= 4 is 17.8 Å². The number of hydrogen-bond acceptors (Lipinski definition) is 5. The highest BCUT2D eigenvalue weighted by Crippen LogP contribution is 2.30. The average molecular weight is 410 g/mol. The van der Waals surface area contributed by atoms with Gasteiger partial charge in [0.05, 0.1) is 5.56 Å². The molecule has 0 aromatic heterocycles. The summed E-state index contributed by atoms with van der Waals surface area (Å²) in [5.74, 6) is -0.298. The molecule has 2 aromatic rings. The Labute approximate surface area is 173 Å². The summed E-state index contributed by atoms with van der Waals surface area (Å²) in [5, 5.41) is 9.40. The standard InChI is InChI=1S/C22H22N2O6/c1-23-10-7-19(21(23)26)30-18-12-15(22(27)28)11-17(13-18)29-16-5-3-14(4-6-16)20(25)24-8-2-9-24/h3-6,11-13,19H,2,7-10H2,1H3,(H,27,28)/t19-/m0/s1. The number of amides is 2. The van der Waals surface area contributed by atoms with Gasteiger partial charge in [-0.1, -0.05) is 0 Å². The van der Waals surface area contributed by atoms with Crippen molar-refractivity contribution in [3.05, 3.63) is 53.6 Å². The molecule has 8 heteroatoms. The van der Waals surface area contributed by atoms with Gasteiger partial charge in [0.2, 0.25) is 0 Å². The van der Waals surface area contributed by atoms with Gasteiger partial charge in [-0.25, -0.2) is 4.79 Å². The number of carbonyl (C=O) groups is 3. The first-order valence-electron chi connectivity index (χ1n) is 9.78. The minimum absolute atomic E-state index is 0.00844. The molecular formula is C22H22N2O6. The molecule has 30 heavy (non-hydrogen) atoms. The van der Waals surface area contributed by atoms with Crippen LogP contribution in [0.15, 0.2) is 42.5 Å². The van der Waals surface area contributed by atoms with Crippen molar-refractivity contribution in [2.24, 2.45) is 0 Å². The van der Waals surface area contributed by atoms with Gasteiger partial charge in [0.25, 0.3) is 11.8 Å². The van der Waals surface area contributed by atoms with Gasteiger partial charge in [-0.05, 0) is 42.8 Å². The topological polar surface area (TPSA) is 96.4 Å². The summed E-state index contributed by atoms with van der Waals surface area (Å²) in [4.78, 5) is 39.2. The SMILES string of the molecule is CN1CC[C@H](Oc2cc(Oc3ccc(C(=O)N4CCC4)cc3)cc(C(=O)O)c2)C1=O. The van der Waals surface area contributed by atoms with Gasteiger partial charge < -0.3 is 24.4 Å². The number of benzene rings is 2. The van der Waals surface area contributed by atoms with Crippen molar-refractivity contribution in [2.45, 2.75) is 18.9 Å². The van der Waals surface area contributed by atoms with Crippen molar-refractivity contribution < 1.29 is 29.0 Å². The summed E-state index contributed by atoms with van der Waals surface area (Å²) in [6, 6.07) is 11.0. The quantitative estimate of drug-likeness (QED) is 0.787. The van der Waals surface area contributed by atoms with Crippen LogP contribution in [-0.2, 0) is 4.79 Å². The number of nitrogens with zero attached hydrogens (tertiary/aromatic N) is 2. The number of hydrogen-bond donors (Lipinski definition) is 1. The number of likely N-dealkylation sites (N-methyl/N-ethyl adjacent to an activating group) is 1. The molecule has 2 aliphatic heterocycles. The Morgan fingerprint density at radius 3 is 2.23 bits per heavy atom. The number of ether oxygens (including phenoxy) is 2. The maximum atomic E-state index is 12.2. The second-order valence-electron chi connectivity index (χ2n) is 7.43. The number of carboxylic acid groups (broad SMARTS) is 1. The van der Waals surface area contributed by atoms with Gasteiger partial charge in [0.1, 0.15) is 17.2 Å². The van der Waals surface area contributed by atoms with E-state index in [4.69, 9.17) is 9.47 Å². The van der Waals surface area contributed by atoms with Crippen LogP contribution in [0.4, 0.5) is 0 Å². The fourth-order valence-electron chi connectivity index (χ4n) is 3.39. The molecule has 0 radical (unpaired) electrons. The summed E-state index contributed by atoms with van der Waals surface area (Å²) < 4.78 is 11.5. The van der Waals surface area contributed by atoms with E-state index in [-0.39, 0.29) is 28.9 Å². The zero-order valence-corrected chi connectivity index (χ0v) is 16.5. The van der Waals surface area contributed by atoms with E-state index in [2.05, 4.69) is 0 Å². The zero-order valence-electron chi connectivity index (χ0n) is 16.5. The van der Waals surface area contributed by atoms with Crippen LogP contribution < -0.4 is 9.47 Å². The van der Waals surface area contributed by atoms with Crippen molar-refractivity contribution in [1.82, 2.24) is 9.80 Å². The maximum Gasteiger partial charge on any atom is 0.335 e. The molecule has 0 spiro atoms. The predicted octanol–water partition coefficient (Wildman–Crippen LogP) is 2.63. The lowest BCUT2D eigenvalue weighted by Gasteiger charge is -2.30. The van der Waals surface area contributed by atoms with Crippen LogP contribution >= 0.6 is 0 Å². The Kier molecular flexibility index (Phi) is 5.31. The molecule has 2 heterocycles. The molecule has 1 atom stereocenters. The minimum atomic E-state index is -1.13. The Bertz CT molecular complexity index is 984. The maximum absolute atomic E-state index is 12.2. The van der Waals surface area contributed by atoms with Crippen LogP contribution in [0.3, 0.4) is 0 Å². The Hall–Kier alpha value is -3.55. The fraction of sp³-hybridized carbons (Fsp3) is 0.318. The smallest absolute Gasteiger partial charge is 0.335 e. The van der Waals surface area contributed by atoms with E-state index in [1.807, 2.05) is 0 Å². The highest BCUT2D eigenvalue weighted by atomic mass is 16.5. The zero-order chi connectivity index (χ0) is 21.3. The molecule has 2 fully saturated rings. The van der Waals surface area contributed by atoms with Gasteiger partial charge in [-0.15, -0.1) is 0 Å². The number of rotatable bonds is 6. The second kappa shape index (κ2) is 8.06. The summed E-state index contributed by atoms with van der Waals surface area (Å²) in [7, 11) is 1.70. The van der Waals surface area contributed by atoms with Crippen molar-refractivity contribution in [1.29, 1.82) is 0 Å². The number of carbonyl (C=O) groups excluding carboxylic acids is 2. The van der Waals surface area contributed by atoms with Crippen LogP contribution in [0.2, 0.25) is 0 Å². The Balaban J connectivity index is 1.51. The van der Waals surface area contributed by atoms with E-state index in [0.29, 0.717) is 24.3 Å². The average Bonchev–Trinajstić information content (AvgIpc) is 2.99. The lowest BCUT2D eigenvalue weighted by Crippen LogP contribution is -2.41. The second-order valence-corrected chi connectivity index (χ2v) is 7.43. The van der Waals surface area contributed by atoms with Crippen molar-refractivity contribution in [3.63, 3.8) is 0 Å². The molecule has 2 saturated heterocycles. The number of aromatic carboxylic acids is 1. The third kappa shape index (κ3) is 4.07. The van der Waals surface area contributed by atoms with Crippen molar-refractivity contribution in [2.75, 3.05) is 26.7 Å². The van der Waals surface area contributed by atoms with Gasteiger partial charge in [0.15, 0.2) is 6.10 Å². The third-order valence-corrected chi connectivity index (χ3v) is 5.26. The van der Waals surface area contributed by atoms with E-state index < -0.39 is 12.1 Å². The lowest BCUT2D eigenvalue weighted by molar-refractivity contribution is -0.132. The summed E-state index contributed by atoms with van der Waals surface area (Å²) in [6.45, 7) is 2.15. The van der Waals surface area contributed by atoms with Gasteiger partial charge in [-0.3, -0.25) is 9.59 Å². The van der Waals surface area contributed by atoms with Crippen LogP contribution in [-0.4, -0.2) is 65.5 Å². The normalized spacial score (nSPS) is 18.2. The van der Waals surface area contributed by atoms with Crippen LogP contribution in [0.5, 0.6) is 17.2 Å². The van der Waals surface area contributed by atoms with Gasteiger partial charge in [-0.2, -0.15) is 0 Å². The van der Waals surface area contributed by atoms with E-state index >= 15 is 0 Å². The van der Waals surface area contributed by atoms with E-state index in [1.54, 1.807) is 47.2 Å². The summed E-state index contributed by atoms with van der Waals surface area (Å²) in [5.41, 5.74) is 0.570. The van der Waals surface area contributed by atoms with Gasteiger partial charge in [0, 0.05) is 44.7 Å².